The molecule has 4 heterocycles. The summed E-state index contributed by atoms with van der Waals surface area (Å²) < 4.78 is 4.57. The highest BCUT2D eigenvalue weighted by Crippen LogP contribution is 2.41. The molecule has 0 saturated heterocycles. The fraction of sp³-hybridized carbons (Fsp3) is 0.0769. The summed E-state index contributed by atoms with van der Waals surface area (Å²) in [5.41, 5.74) is 8.27. The minimum atomic E-state index is 0.531. The van der Waals surface area contributed by atoms with Crippen LogP contribution < -0.4 is 0 Å². The van der Waals surface area contributed by atoms with Gasteiger partial charge >= 0.3 is 0 Å². The van der Waals surface area contributed by atoms with Crippen molar-refractivity contribution in [2.75, 3.05) is 0 Å². The molecule has 1 aliphatic carbocycles. The van der Waals surface area contributed by atoms with Gasteiger partial charge in [-0.05, 0) is 48.7 Å². The van der Waals surface area contributed by atoms with Crippen molar-refractivity contribution in [1.29, 1.82) is 0 Å². The Labute approximate surface area is 259 Å². The second kappa shape index (κ2) is 10.1. The van der Waals surface area contributed by atoms with Crippen molar-refractivity contribution < 1.29 is 0 Å². The van der Waals surface area contributed by atoms with E-state index >= 15 is 0 Å². The fourth-order valence-corrected chi connectivity index (χ4v) is 6.64. The molecular formula is C39H28N6. The van der Waals surface area contributed by atoms with E-state index in [0.29, 0.717) is 23.5 Å². The zero-order chi connectivity index (χ0) is 29.9. The number of nitrogens with zero attached hydrogens (tertiary/aromatic N) is 6. The van der Waals surface area contributed by atoms with Gasteiger partial charge in [-0.3, -0.25) is 9.55 Å². The first-order valence-electron chi connectivity index (χ1n) is 15.3. The van der Waals surface area contributed by atoms with Crippen molar-refractivity contribution in [1.82, 2.24) is 29.1 Å². The molecule has 0 saturated carbocycles. The fourth-order valence-electron chi connectivity index (χ4n) is 6.64. The minimum absolute atomic E-state index is 0.531. The number of hydrogen-bond acceptors (Lipinski definition) is 4. The summed E-state index contributed by atoms with van der Waals surface area (Å²) in [6, 6.07) is 37.4. The Morgan fingerprint density at radius 2 is 1.31 bits per heavy atom. The normalized spacial score (nSPS) is 15.0. The van der Waals surface area contributed by atoms with Gasteiger partial charge in [-0.15, -0.1) is 0 Å². The second-order valence-corrected chi connectivity index (χ2v) is 11.6. The predicted molar refractivity (Wildman–Crippen MR) is 183 cm³/mol. The van der Waals surface area contributed by atoms with E-state index < -0.39 is 0 Å². The van der Waals surface area contributed by atoms with Crippen LogP contribution in [0.15, 0.2) is 134 Å². The van der Waals surface area contributed by atoms with Gasteiger partial charge in [0.1, 0.15) is 0 Å². The molecule has 214 valence electrons. The Morgan fingerprint density at radius 3 is 2.02 bits per heavy atom. The SMILES string of the molecule is CC1C=CC(n2c3ccccc3c3c2ccc2c4ncccc4n(-c4nc(-c5ccccc5)nc(-c5ccccc5)n4)c23)=CC1. The average molecular weight is 581 g/mol. The smallest absolute Gasteiger partial charge is 0.238 e. The van der Waals surface area contributed by atoms with Crippen molar-refractivity contribution in [2.45, 2.75) is 13.3 Å². The number of hydrogen-bond donors (Lipinski definition) is 0. The lowest BCUT2D eigenvalue weighted by Gasteiger charge is -2.15. The number of pyridine rings is 1. The van der Waals surface area contributed by atoms with Crippen molar-refractivity contribution in [3.8, 4) is 28.7 Å². The molecule has 0 fully saturated rings. The lowest BCUT2D eigenvalue weighted by atomic mass is 10.0. The van der Waals surface area contributed by atoms with Gasteiger partial charge < -0.3 is 4.57 Å². The van der Waals surface area contributed by atoms with Crippen LogP contribution in [0.3, 0.4) is 0 Å². The topological polar surface area (TPSA) is 61.4 Å². The highest BCUT2D eigenvalue weighted by atomic mass is 15.2. The summed E-state index contributed by atoms with van der Waals surface area (Å²) in [5.74, 6) is 2.34. The van der Waals surface area contributed by atoms with E-state index in [1.54, 1.807) is 0 Å². The Morgan fingerprint density at radius 1 is 0.622 bits per heavy atom. The van der Waals surface area contributed by atoms with Crippen molar-refractivity contribution in [2.24, 2.45) is 5.92 Å². The maximum atomic E-state index is 5.15. The van der Waals surface area contributed by atoms with Gasteiger partial charge in [0.2, 0.25) is 5.95 Å². The molecule has 0 aliphatic heterocycles. The molecule has 8 aromatic rings. The van der Waals surface area contributed by atoms with Crippen LogP contribution in [0.5, 0.6) is 0 Å². The molecule has 1 aliphatic rings. The summed E-state index contributed by atoms with van der Waals surface area (Å²) in [4.78, 5) is 20.1. The van der Waals surface area contributed by atoms with Gasteiger partial charge in [0.25, 0.3) is 0 Å². The zero-order valence-corrected chi connectivity index (χ0v) is 24.7. The molecule has 4 aromatic heterocycles. The van der Waals surface area contributed by atoms with Crippen LogP contribution in [0.4, 0.5) is 0 Å². The first-order valence-corrected chi connectivity index (χ1v) is 15.3. The van der Waals surface area contributed by atoms with Gasteiger partial charge in [-0.2, -0.15) is 9.97 Å². The predicted octanol–water partition coefficient (Wildman–Crippen LogP) is 9.24. The third-order valence-electron chi connectivity index (χ3n) is 8.76. The molecule has 4 aromatic carbocycles. The van der Waals surface area contributed by atoms with E-state index in [0.717, 1.165) is 50.4 Å². The summed E-state index contributed by atoms with van der Waals surface area (Å²) >= 11 is 0. The van der Waals surface area contributed by atoms with Crippen LogP contribution in [0, 0.1) is 5.92 Å². The molecule has 6 nitrogen and oxygen atoms in total. The molecular weight excluding hydrogens is 552 g/mol. The van der Waals surface area contributed by atoms with Crippen molar-refractivity contribution >= 4 is 49.4 Å². The van der Waals surface area contributed by atoms with E-state index in [1.807, 2.05) is 72.9 Å². The van der Waals surface area contributed by atoms with Gasteiger partial charge in [-0.1, -0.05) is 97.9 Å². The maximum Gasteiger partial charge on any atom is 0.238 e. The lowest BCUT2D eigenvalue weighted by molar-refractivity contribution is 0.735. The second-order valence-electron chi connectivity index (χ2n) is 11.6. The molecule has 0 bridgehead atoms. The summed E-state index contributed by atoms with van der Waals surface area (Å²) in [6.45, 7) is 2.26. The Balaban J connectivity index is 1.43. The molecule has 1 atom stereocenters. The van der Waals surface area contributed by atoms with Crippen LogP contribution in [0.1, 0.15) is 13.3 Å². The number of allylic oxidation sites excluding steroid dienone is 4. The molecule has 45 heavy (non-hydrogen) atoms. The Kier molecular flexibility index (Phi) is 5.75. The number of rotatable bonds is 4. The first kappa shape index (κ1) is 25.6. The standard InChI is InChI=1S/C39H28N6/c1-25-18-20-28(21-19-25)44-31-16-9-8-15-29(31)34-32(44)23-22-30-35-33(17-10-24-40-35)45(36(30)34)39-42-37(26-11-4-2-5-12-26)41-38(43-39)27-13-6-3-7-14-27/h2-18,20-25H,19H2,1H3. The van der Waals surface area contributed by atoms with Crippen molar-refractivity contribution in [3.63, 3.8) is 0 Å². The van der Waals surface area contributed by atoms with Crippen LogP contribution in [-0.4, -0.2) is 29.1 Å². The number of aromatic nitrogens is 6. The lowest BCUT2D eigenvalue weighted by Crippen LogP contribution is -2.06. The molecule has 0 spiro atoms. The van der Waals surface area contributed by atoms with E-state index in [9.17, 15) is 0 Å². The molecule has 0 radical (unpaired) electrons. The molecule has 9 rings (SSSR count). The largest absolute Gasteiger partial charge is 0.310 e. The molecule has 6 heteroatoms. The minimum Gasteiger partial charge on any atom is -0.310 e. The maximum absolute atomic E-state index is 5.15. The highest BCUT2D eigenvalue weighted by Gasteiger charge is 2.24. The average Bonchev–Trinajstić information content (AvgIpc) is 3.62. The van der Waals surface area contributed by atoms with Crippen molar-refractivity contribution in [3.05, 3.63) is 134 Å². The highest BCUT2D eigenvalue weighted by molar-refractivity contribution is 6.25. The first-order chi connectivity index (χ1) is 22.2. The number of benzene rings is 4. The van der Waals surface area contributed by atoms with Gasteiger partial charge in [-0.25, -0.2) is 4.98 Å². The molecule has 0 amide bonds. The van der Waals surface area contributed by atoms with Crippen LogP contribution in [0.2, 0.25) is 0 Å². The monoisotopic (exact) mass is 580 g/mol. The summed E-state index contributed by atoms with van der Waals surface area (Å²) in [5, 5.41) is 3.39. The quantitative estimate of drug-likeness (QED) is 0.208. The van der Waals surface area contributed by atoms with E-state index in [4.69, 9.17) is 19.9 Å². The van der Waals surface area contributed by atoms with Gasteiger partial charge in [0, 0.05) is 39.2 Å². The van der Waals surface area contributed by atoms with E-state index in [-0.39, 0.29) is 0 Å². The Bertz CT molecular complexity index is 2410. The zero-order valence-electron chi connectivity index (χ0n) is 24.7. The molecule has 1 unspecified atom stereocenters. The summed E-state index contributed by atoms with van der Waals surface area (Å²) in [7, 11) is 0. The van der Waals surface area contributed by atoms with Gasteiger partial charge in [0.05, 0.1) is 27.6 Å². The third kappa shape index (κ3) is 4.03. The van der Waals surface area contributed by atoms with E-state index in [1.165, 1.54) is 16.6 Å². The molecule has 0 N–H and O–H groups in total. The number of para-hydroxylation sites is 1. The third-order valence-corrected chi connectivity index (χ3v) is 8.76. The van der Waals surface area contributed by atoms with Crippen LogP contribution in [0.25, 0.3) is 78.2 Å². The van der Waals surface area contributed by atoms with Crippen LogP contribution in [-0.2, 0) is 0 Å². The number of fused-ring (bicyclic) bond motifs is 7. The van der Waals surface area contributed by atoms with Gasteiger partial charge in [0.15, 0.2) is 11.6 Å². The Hall–Kier alpha value is -5.88. The summed E-state index contributed by atoms with van der Waals surface area (Å²) in [6.07, 6.45) is 9.78. The van der Waals surface area contributed by atoms with Crippen LogP contribution >= 0.6 is 0 Å². The van der Waals surface area contributed by atoms with E-state index in [2.05, 4.69) is 76.8 Å².